The standard InChI is InChI=1S/C19H25NO5/c1-12-9-14-6-4-7-15(11-21)20-17(23)8-3-5-13(2)25-19(24)18(14)16(22)10-12/h3,8-10,13,15,21-22H,4-7,11H2,1-2H3,(H,20,23)/b8-3-. The van der Waals surface area contributed by atoms with E-state index in [-0.39, 0.29) is 29.9 Å². The van der Waals surface area contributed by atoms with E-state index in [1.165, 1.54) is 6.08 Å². The number of aliphatic hydroxyl groups excluding tert-OH is 1. The SMILES string of the molecule is Cc1cc(O)c2c(c1)CCCC(CO)NC(=O)/C=C\CC(C)OC2=O. The van der Waals surface area contributed by atoms with E-state index < -0.39 is 12.1 Å². The Labute approximate surface area is 147 Å². The van der Waals surface area contributed by atoms with Gasteiger partial charge in [-0.3, -0.25) is 4.79 Å². The minimum absolute atomic E-state index is 0.0816. The van der Waals surface area contributed by atoms with Crippen LogP contribution in [0.1, 0.15) is 47.7 Å². The average Bonchev–Trinajstić information content (AvgIpc) is 2.52. The largest absolute Gasteiger partial charge is 0.507 e. The summed E-state index contributed by atoms with van der Waals surface area (Å²) in [6.45, 7) is 3.43. The molecule has 136 valence electrons. The molecule has 1 amide bonds. The van der Waals surface area contributed by atoms with Crippen molar-refractivity contribution in [3.8, 4) is 5.75 Å². The molecule has 6 heteroatoms. The first kappa shape index (κ1) is 19.0. The van der Waals surface area contributed by atoms with Crippen LogP contribution in [0.15, 0.2) is 24.3 Å². The van der Waals surface area contributed by atoms with Gasteiger partial charge in [-0.05, 0) is 56.4 Å². The first-order valence-electron chi connectivity index (χ1n) is 8.52. The van der Waals surface area contributed by atoms with Crippen LogP contribution in [0, 0.1) is 6.92 Å². The molecule has 1 aromatic carbocycles. The van der Waals surface area contributed by atoms with Crippen LogP contribution in [-0.2, 0) is 16.0 Å². The van der Waals surface area contributed by atoms with Crippen molar-refractivity contribution < 1.29 is 24.5 Å². The maximum Gasteiger partial charge on any atom is 0.342 e. The van der Waals surface area contributed by atoms with Gasteiger partial charge >= 0.3 is 5.97 Å². The summed E-state index contributed by atoms with van der Waals surface area (Å²) in [4.78, 5) is 24.3. The average molecular weight is 347 g/mol. The number of benzene rings is 1. The minimum Gasteiger partial charge on any atom is -0.507 e. The number of carbonyl (C=O) groups is 2. The van der Waals surface area contributed by atoms with Gasteiger partial charge in [-0.15, -0.1) is 0 Å². The molecule has 0 aromatic heterocycles. The van der Waals surface area contributed by atoms with E-state index in [1.807, 2.05) is 13.0 Å². The van der Waals surface area contributed by atoms with Crippen molar-refractivity contribution in [2.45, 2.75) is 51.7 Å². The molecule has 0 saturated heterocycles. The second kappa shape index (κ2) is 8.67. The number of aliphatic hydroxyl groups is 1. The van der Waals surface area contributed by atoms with Gasteiger partial charge in [0.1, 0.15) is 17.4 Å². The van der Waals surface area contributed by atoms with Crippen LogP contribution in [0.3, 0.4) is 0 Å². The summed E-state index contributed by atoms with van der Waals surface area (Å²) >= 11 is 0. The van der Waals surface area contributed by atoms with Crippen molar-refractivity contribution in [1.82, 2.24) is 5.32 Å². The second-order valence-corrected chi connectivity index (χ2v) is 6.45. The third-order valence-electron chi connectivity index (χ3n) is 4.16. The third-order valence-corrected chi connectivity index (χ3v) is 4.16. The maximum atomic E-state index is 12.5. The van der Waals surface area contributed by atoms with Crippen molar-refractivity contribution in [2.24, 2.45) is 0 Å². The number of aryl methyl sites for hydroxylation is 2. The van der Waals surface area contributed by atoms with Gasteiger partial charge in [0.15, 0.2) is 0 Å². The zero-order valence-electron chi connectivity index (χ0n) is 14.6. The number of phenols is 1. The Kier molecular flexibility index (Phi) is 6.58. The summed E-state index contributed by atoms with van der Waals surface area (Å²) < 4.78 is 5.40. The van der Waals surface area contributed by atoms with Gasteiger partial charge in [0, 0.05) is 6.42 Å². The third kappa shape index (κ3) is 5.32. The number of aromatic hydroxyl groups is 1. The molecule has 2 unspecified atom stereocenters. The van der Waals surface area contributed by atoms with E-state index >= 15 is 0 Å². The van der Waals surface area contributed by atoms with Crippen molar-refractivity contribution in [1.29, 1.82) is 0 Å². The summed E-state index contributed by atoms with van der Waals surface area (Å²) in [7, 11) is 0. The van der Waals surface area contributed by atoms with Gasteiger partial charge in [0.05, 0.1) is 12.6 Å². The van der Waals surface area contributed by atoms with Crippen LogP contribution in [0.2, 0.25) is 0 Å². The lowest BCUT2D eigenvalue weighted by Crippen LogP contribution is -2.36. The Balaban J connectivity index is 2.31. The van der Waals surface area contributed by atoms with E-state index in [0.29, 0.717) is 31.2 Å². The molecule has 3 N–H and O–H groups in total. The van der Waals surface area contributed by atoms with Crippen LogP contribution >= 0.6 is 0 Å². The Morgan fingerprint density at radius 3 is 2.80 bits per heavy atom. The van der Waals surface area contributed by atoms with Crippen molar-refractivity contribution >= 4 is 11.9 Å². The molecule has 2 atom stereocenters. The quantitative estimate of drug-likeness (QED) is 0.675. The zero-order valence-corrected chi connectivity index (χ0v) is 14.6. The first-order valence-corrected chi connectivity index (χ1v) is 8.52. The van der Waals surface area contributed by atoms with Crippen molar-refractivity contribution in [2.75, 3.05) is 6.61 Å². The molecule has 0 fully saturated rings. The minimum atomic E-state index is -0.561. The number of phenolic OH excluding ortho intramolecular Hbond substituents is 1. The highest BCUT2D eigenvalue weighted by molar-refractivity contribution is 5.94. The first-order chi connectivity index (χ1) is 11.9. The topological polar surface area (TPSA) is 95.9 Å². The van der Waals surface area contributed by atoms with Gasteiger partial charge in [-0.1, -0.05) is 12.1 Å². The van der Waals surface area contributed by atoms with E-state index in [1.54, 1.807) is 19.1 Å². The maximum absolute atomic E-state index is 12.5. The molecule has 0 bridgehead atoms. The van der Waals surface area contributed by atoms with Crippen LogP contribution < -0.4 is 5.32 Å². The summed E-state index contributed by atoms with van der Waals surface area (Å²) in [5.74, 6) is -0.918. The van der Waals surface area contributed by atoms with Gasteiger partial charge in [0.2, 0.25) is 5.91 Å². The number of rotatable bonds is 1. The zero-order chi connectivity index (χ0) is 18.4. The second-order valence-electron chi connectivity index (χ2n) is 6.45. The number of ether oxygens (including phenoxy) is 1. The van der Waals surface area contributed by atoms with Crippen molar-refractivity contribution in [3.63, 3.8) is 0 Å². The summed E-state index contributed by atoms with van der Waals surface area (Å²) in [6, 6.07) is 3.07. The Morgan fingerprint density at radius 2 is 2.08 bits per heavy atom. The molecule has 0 spiro atoms. The van der Waals surface area contributed by atoms with Crippen LogP contribution in [0.4, 0.5) is 0 Å². The van der Waals surface area contributed by atoms with Gasteiger partial charge < -0.3 is 20.3 Å². The van der Waals surface area contributed by atoms with Gasteiger partial charge in [-0.2, -0.15) is 0 Å². The highest BCUT2D eigenvalue weighted by Crippen LogP contribution is 2.27. The number of amides is 1. The number of fused-ring (bicyclic) bond motifs is 1. The van der Waals surface area contributed by atoms with Crippen LogP contribution in [0.25, 0.3) is 0 Å². The molecule has 2 rings (SSSR count). The molecule has 0 aliphatic carbocycles. The molecule has 1 heterocycles. The molecular weight excluding hydrogens is 322 g/mol. The van der Waals surface area contributed by atoms with Crippen LogP contribution in [-0.4, -0.2) is 40.8 Å². The number of nitrogens with one attached hydrogen (secondary N) is 1. The fraction of sp³-hybridized carbons (Fsp3) is 0.474. The summed E-state index contributed by atoms with van der Waals surface area (Å²) in [6.07, 6.45) is 4.71. The smallest absolute Gasteiger partial charge is 0.342 e. The molecule has 0 radical (unpaired) electrons. The summed E-state index contributed by atoms with van der Waals surface area (Å²) in [5, 5.41) is 22.4. The molecule has 1 aliphatic heterocycles. The van der Waals surface area contributed by atoms with Gasteiger partial charge in [-0.25, -0.2) is 4.79 Å². The Hall–Kier alpha value is -2.34. The molecule has 25 heavy (non-hydrogen) atoms. The number of carbonyl (C=O) groups excluding carboxylic acids is 2. The molecule has 0 saturated carbocycles. The highest BCUT2D eigenvalue weighted by atomic mass is 16.5. The van der Waals surface area contributed by atoms with Crippen LogP contribution in [0.5, 0.6) is 5.75 Å². The molecule has 6 nitrogen and oxygen atoms in total. The normalized spacial score (nSPS) is 23.8. The molecule has 1 aliphatic rings. The summed E-state index contributed by atoms with van der Waals surface area (Å²) in [5.41, 5.74) is 1.77. The number of hydrogen-bond donors (Lipinski definition) is 3. The lowest BCUT2D eigenvalue weighted by atomic mass is 9.97. The fourth-order valence-electron chi connectivity index (χ4n) is 2.93. The van der Waals surface area contributed by atoms with Gasteiger partial charge in [0.25, 0.3) is 0 Å². The Morgan fingerprint density at radius 1 is 1.32 bits per heavy atom. The monoisotopic (exact) mass is 347 g/mol. The predicted molar refractivity (Wildman–Crippen MR) is 93.4 cm³/mol. The van der Waals surface area contributed by atoms with E-state index in [0.717, 1.165) is 5.56 Å². The number of hydrogen-bond acceptors (Lipinski definition) is 5. The number of cyclic esters (lactones) is 1. The fourth-order valence-corrected chi connectivity index (χ4v) is 2.93. The highest BCUT2D eigenvalue weighted by Gasteiger charge is 2.21. The van der Waals surface area contributed by atoms with Crippen molar-refractivity contribution in [3.05, 3.63) is 41.0 Å². The lowest BCUT2D eigenvalue weighted by molar-refractivity contribution is -0.117. The van der Waals surface area contributed by atoms with E-state index in [4.69, 9.17) is 4.74 Å². The predicted octanol–water partition coefficient (Wildman–Crippen LogP) is 2.01. The molecular formula is C19H25NO5. The van der Waals surface area contributed by atoms with E-state index in [9.17, 15) is 19.8 Å². The lowest BCUT2D eigenvalue weighted by Gasteiger charge is -2.18. The number of esters is 1. The molecule has 1 aromatic rings. The van der Waals surface area contributed by atoms with E-state index in [2.05, 4.69) is 5.32 Å². The Bertz CT molecular complexity index is 668.